The minimum Gasteiger partial charge on any atom is -0.396 e. The molecule has 22 heavy (non-hydrogen) atoms. The van der Waals surface area contributed by atoms with Gasteiger partial charge in [-0.1, -0.05) is 25.7 Å². The lowest BCUT2D eigenvalue weighted by molar-refractivity contribution is 0.110. The Bertz CT molecular complexity index is 450. The smallest absolute Gasteiger partial charge is 0.200 e. The molecule has 0 saturated carbocycles. The van der Waals surface area contributed by atoms with Gasteiger partial charge in [-0.3, -0.25) is 0 Å². The summed E-state index contributed by atoms with van der Waals surface area (Å²) >= 11 is 0. The third-order valence-electron chi connectivity index (χ3n) is 3.24. The van der Waals surface area contributed by atoms with Gasteiger partial charge in [-0.05, 0) is 12.8 Å². The summed E-state index contributed by atoms with van der Waals surface area (Å²) in [5.41, 5.74) is -0.945. The molecule has 0 amide bonds. The van der Waals surface area contributed by atoms with Gasteiger partial charge in [0.05, 0.1) is 12.2 Å². The molecule has 0 fully saturated rings. The molecule has 0 radical (unpaired) electrons. The van der Waals surface area contributed by atoms with Crippen LogP contribution in [0.5, 0.6) is 0 Å². The van der Waals surface area contributed by atoms with Crippen LogP contribution >= 0.6 is 0 Å². The number of ether oxygens (including phenoxy) is 1. The number of aliphatic hydroxyl groups is 1. The Labute approximate surface area is 125 Å². The lowest BCUT2D eigenvalue weighted by atomic mass is 10.1. The zero-order chi connectivity index (χ0) is 16.5. The Hall–Kier alpha value is -1.21. The highest BCUT2D eigenvalue weighted by molar-refractivity contribution is 5.23. The van der Waals surface area contributed by atoms with Crippen molar-refractivity contribution in [2.75, 3.05) is 13.2 Å². The summed E-state index contributed by atoms with van der Waals surface area (Å²) in [5, 5.41) is 8.59. The normalized spacial score (nSPS) is 11.2. The van der Waals surface area contributed by atoms with Crippen LogP contribution in [-0.4, -0.2) is 18.3 Å². The number of unbranched alkanes of at least 4 members (excludes halogenated alkanes) is 5. The van der Waals surface area contributed by atoms with Crippen molar-refractivity contribution in [3.05, 3.63) is 34.6 Å². The molecule has 1 N–H and O–H groups in total. The van der Waals surface area contributed by atoms with Gasteiger partial charge in [0.25, 0.3) is 0 Å². The molecular formula is C15H19F5O2. The van der Waals surface area contributed by atoms with E-state index in [1.54, 1.807) is 0 Å². The lowest BCUT2D eigenvalue weighted by Crippen LogP contribution is -2.09. The Morgan fingerprint density at radius 1 is 0.636 bits per heavy atom. The Morgan fingerprint density at radius 3 is 1.64 bits per heavy atom. The van der Waals surface area contributed by atoms with Crippen LogP contribution in [0, 0.1) is 29.1 Å². The molecule has 1 aromatic rings. The third kappa shape index (κ3) is 5.21. The van der Waals surface area contributed by atoms with Gasteiger partial charge >= 0.3 is 0 Å². The van der Waals surface area contributed by atoms with Crippen molar-refractivity contribution in [3.63, 3.8) is 0 Å². The molecule has 126 valence electrons. The van der Waals surface area contributed by atoms with Gasteiger partial charge in [0.15, 0.2) is 23.3 Å². The van der Waals surface area contributed by atoms with Crippen molar-refractivity contribution < 1.29 is 31.8 Å². The number of rotatable bonds is 10. The predicted octanol–water partition coefficient (Wildman–Crippen LogP) is 4.23. The maximum atomic E-state index is 13.3. The van der Waals surface area contributed by atoms with Crippen molar-refractivity contribution >= 4 is 0 Å². The maximum absolute atomic E-state index is 13.3. The molecule has 0 bridgehead atoms. The summed E-state index contributed by atoms with van der Waals surface area (Å²) in [6.45, 7) is -0.305. The zero-order valence-electron chi connectivity index (χ0n) is 12.1. The van der Waals surface area contributed by atoms with Crippen LogP contribution in [0.3, 0.4) is 0 Å². The fourth-order valence-electron chi connectivity index (χ4n) is 1.97. The van der Waals surface area contributed by atoms with Crippen molar-refractivity contribution in [2.24, 2.45) is 0 Å². The molecule has 1 aromatic carbocycles. The van der Waals surface area contributed by atoms with E-state index in [-0.39, 0.29) is 13.2 Å². The third-order valence-corrected chi connectivity index (χ3v) is 3.24. The molecule has 0 saturated heterocycles. The van der Waals surface area contributed by atoms with Gasteiger partial charge in [-0.15, -0.1) is 0 Å². The fraction of sp³-hybridized carbons (Fsp3) is 0.600. The highest BCUT2D eigenvalue weighted by Crippen LogP contribution is 2.23. The molecule has 0 heterocycles. The van der Waals surface area contributed by atoms with Gasteiger partial charge in [0.1, 0.15) is 0 Å². The zero-order valence-corrected chi connectivity index (χ0v) is 12.1. The molecule has 0 aliphatic heterocycles. The first-order valence-corrected chi connectivity index (χ1v) is 7.19. The van der Waals surface area contributed by atoms with E-state index in [0.717, 1.165) is 32.1 Å². The summed E-state index contributed by atoms with van der Waals surface area (Å²) in [6.07, 6.45) is 5.07. The van der Waals surface area contributed by atoms with Crippen molar-refractivity contribution in [1.29, 1.82) is 0 Å². The van der Waals surface area contributed by atoms with E-state index in [0.29, 0.717) is 6.42 Å². The number of benzene rings is 1. The SMILES string of the molecule is OCCCCCCCCOCc1c(F)c(F)c(F)c(F)c1F. The molecule has 0 aliphatic rings. The maximum Gasteiger partial charge on any atom is 0.200 e. The van der Waals surface area contributed by atoms with Crippen LogP contribution in [0.15, 0.2) is 0 Å². The van der Waals surface area contributed by atoms with Gasteiger partial charge in [0.2, 0.25) is 5.82 Å². The molecule has 1 rings (SSSR count). The summed E-state index contributed by atoms with van der Waals surface area (Å²) < 4.78 is 70.4. The lowest BCUT2D eigenvalue weighted by Gasteiger charge is -2.09. The standard InChI is InChI=1S/C15H19F5O2/c16-11-10(12(17)14(19)15(20)13(11)18)9-22-8-6-4-2-1-3-5-7-21/h21H,1-9H2. The molecule has 0 aliphatic carbocycles. The summed E-state index contributed by atoms with van der Waals surface area (Å²) in [6, 6.07) is 0. The molecule has 0 unspecified atom stereocenters. The van der Waals surface area contributed by atoms with Crippen LogP contribution in [-0.2, 0) is 11.3 Å². The minimum atomic E-state index is -2.17. The molecule has 2 nitrogen and oxygen atoms in total. The van der Waals surface area contributed by atoms with Crippen LogP contribution in [0.2, 0.25) is 0 Å². The van der Waals surface area contributed by atoms with Crippen molar-refractivity contribution in [1.82, 2.24) is 0 Å². The highest BCUT2D eigenvalue weighted by atomic mass is 19.2. The molecule has 0 spiro atoms. The number of hydrogen-bond acceptors (Lipinski definition) is 2. The van der Waals surface area contributed by atoms with E-state index in [1.807, 2.05) is 0 Å². The topological polar surface area (TPSA) is 29.5 Å². The van der Waals surface area contributed by atoms with E-state index < -0.39 is 41.3 Å². The average Bonchev–Trinajstić information content (AvgIpc) is 2.52. The molecule has 7 heteroatoms. The second-order valence-electron chi connectivity index (χ2n) is 4.95. The molecule has 0 atom stereocenters. The second-order valence-corrected chi connectivity index (χ2v) is 4.95. The minimum absolute atomic E-state index is 0.172. The predicted molar refractivity (Wildman–Crippen MR) is 70.7 cm³/mol. The Morgan fingerprint density at radius 2 is 1.09 bits per heavy atom. The van der Waals surface area contributed by atoms with Crippen LogP contribution in [0.25, 0.3) is 0 Å². The summed E-state index contributed by atoms with van der Waals surface area (Å²) in [4.78, 5) is 0. The number of aliphatic hydroxyl groups excluding tert-OH is 1. The summed E-state index contributed by atoms with van der Waals surface area (Å²) in [5.74, 6) is -9.77. The van der Waals surface area contributed by atoms with Crippen LogP contribution < -0.4 is 0 Å². The second kappa shape index (κ2) is 9.74. The van der Waals surface area contributed by atoms with E-state index in [2.05, 4.69) is 0 Å². The first-order chi connectivity index (χ1) is 10.5. The molecular weight excluding hydrogens is 307 g/mol. The van der Waals surface area contributed by atoms with Crippen molar-refractivity contribution in [2.45, 2.75) is 45.1 Å². The fourth-order valence-corrected chi connectivity index (χ4v) is 1.97. The van der Waals surface area contributed by atoms with Gasteiger partial charge in [0, 0.05) is 13.2 Å². The number of hydrogen-bond donors (Lipinski definition) is 1. The largest absolute Gasteiger partial charge is 0.396 e. The van der Waals surface area contributed by atoms with E-state index in [4.69, 9.17) is 9.84 Å². The van der Waals surface area contributed by atoms with Crippen LogP contribution in [0.1, 0.15) is 44.1 Å². The monoisotopic (exact) mass is 326 g/mol. The molecule has 0 aromatic heterocycles. The number of halogens is 5. The van der Waals surface area contributed by atoms with E-state index in [1.165, 1.54) is 0 Å². The first kappa shape index (κ1) is 18.8. The van der Waals surface area contributed by atoms with E-state index >= 15 is 0 Å². The van der Waals surface area contributed by atoms with Gasteiger partial charge in [-0.25, -0.2) is 22.0 Å². The average molecular weight is 326 g/mol. The Kier molecular flexibility index (Phi) is 8.34. The Balaban J connectivity index is 2.34. The van der Waals surface area contributed by atoms with Crippen LogP contribution in [0.4, 0.5) is 22.0 Å². The quantitative estimate of drug-likeness (QED) is 0.302. The first-order valence-electron chi connectivity index (χ1n) is 7.19. The van der Waals surface area contributed by atoms with E-state index in [9.17, 15) is 22.0 Å². The van der Waals surface area contributed by atoms with Crippen molar-refractivity contribution in [3.8, 4) is 0 Å². The van der Waals surface area contributed by atoms with Gasteiger partial charge in [-0.2, -0.15) is 0 Å². The summed E-state index contributed by atoms with van der Waals surface area (Å²) in [7, 11) is 0. The highest BCUT2D eigenvalue weighted by Gasteiger charge is 2.25. The van der Waals surface area contributed by atoms with Gasteiger partial charge < -0.3 is 9.84 Å².